The second kappa shape index (κ2) is 6.21. The van der Waals surface area contributed by atoms with Gasteiger partial charge in [-0.05, 0) is 24.6 Å². The predicted molar refractivity (Wildman–Crippen MR) is 88.1 cm³/mol. The lowest BCUT2D eigenvalue weighted by Crippen LogP contribution is -2.58. The summed E-state index contributed by atoms with van der Waals surface area (Å²) in [6.45, 7) is -0.167. The minimum absolute atomic E-state index is 0.0810. The van der Waals surface area contributed by atoms with Crippen molar-refractivity contribution in [2.75, 3.05) is 18.1 Å². The van der Waals surface area contributed by atoms with Crippen molar-refractivity contribution in [2.45, 2.75) is 24.6 Å². The summed E-state index contributed by atoms with van der Waals surface area (Å²) < 4.78 is 7.02. The smallest absolute Gasteiger partial charge is 0.265 e. The second-order valence-electron chi connectivity index (χ2n) is 6.19. The first-order chi connectivity index (χ1) is 12.1. The molecule has 0 unspecified atom stereocenters. The number of para-hydroxylation sites is 2. The number of aliphatic hydroxyl groups is 1. The highest BCUT2D eigenvalue weighted by Gasteiger charge is 2.43. The third kappa shape index (κ3) is 2.85. The average Bonchev–Trinajstić information content (AvgIpc) is 3.10. The van der Waals surface area contributed by atoms with Crippen LogP contribution in [0.5, 0.6) is 5.75 Å². The number of hydrogen-bond acceptors (Lipinski definition) is 5. The van der Waals surface area contributed by atoms with E-state index in [4.69, 9.17) is 4.74 Å². The molecule has 1 aliphatic carbocycles. The van der Waals surface area contributed by atoms with Gasteiger partial charge in [0.2, 0.25) is 5.91 Å². The zero-order valence-corrected chi connectivity index (χ0v) is 13.4. The molecule has 2 aromatic rings. The van der Waals surface area contributed by atoms with E-state index >= 15 is 0 Å². The van der Waals surface area contributed by atoms with Crippen LogP contribution in [0.2, 0.25) is 0 Å². The lowest BCUT2D eigenvalue weighted by atomic mass is 9.83. The third-order valence-electron chi connectivity index (χ3n) is 4.59. The summed E-state index contributed by atoms with van der Waals surface area (Å²) in [6.07, 6.45) is 3.31. The lowest BCUT2D eigenvalue weighted by Gasteiger charge is -2.42. The highest BCUT2D eigenvalue weighted by molar-refractivity contribution is 6.02. The number of amides is 2. The summed E-state index contributed by atoms with van der Waals surface area (Å²) in [5.74, 6) is 0.0496. The molecule has 0 spiro atoms. The van der Waals surface area contributed by atoms with Gasteiger partial charge in [-0.1, -0.05) is 12.1 Å². The average molecular weight is 342 g/mol. The van der Waals surface area contributed by atoms with Crippen LogP contribution >= 0.6 is 0 Å². The Balaban J connectivity index is 1.44. The van der Waals surface area contributed by atoms with Gasteiger partial charge in [0.15, 0.2) is 6.61 Å². The van der Waals surface area contributed by atoms with E-state index in [9.17, 15) is 14.7 Å². The molecule has 8 nitrogen and oxygen atoms in total. The summed E-state index contributed by atoms with van der Waals surface area (Å²) in [4.78, 5) is 26.0. The highest BCUT2D eigenvalue weighted by atomic mass is 16.5. The SMILES string of the molecule is O=C(CN1C(=O)COc2ccccc21)N[C@H]1C[C@@H](O)[C@@H]1n1cccn1. The van der Waals surface area contributed by atoms with E-state index in [-0.39, 0.29) is 37.0 Å². The molecule has 0 saturated heterocycles. The van der Waals surface area contributed by atoms with Crippen LogP contribution in [0.3, 0.4) is 0 Å². The molecule has 8 heteroatoms. The van der Waals surface area contributed by atoms with E-state index < -0.39 is 6.10 Å². The van der Waals surface area contributed by atoms with E-state index in [2.05, 4.69) is 10.4 Å². The summed E-state index contributed by atoms with van der Waals surface area (Å²) in [5, 5.41) is 17.0. The van der Waals surface area contributed by atoms with E-state index in [1.807, 2.05) is 6.07 Å². The quantitative estimate of drug-likeness (QED) is 0.821. The van der Waals surface area contributed by atoms with Crippen LogP contribution in [0.15, 0.2) is 42.7 Å². The van der Waals surface area contributed by atoms with E-state index in [0.717, 1.165) is 0 Å². The first-order valence-corrected chi connectivity index (χ1v) is 8.12. The minimum atomic E-state index is -0.545. The van der Waals surface area contributed by atoms with Crippen molar-refractivity contribution in [1.29, 1.82) is 0 Å². The van der Waals surface area contributed by atoms with Crippen LogP contribution in [0, 0.1) is 0 Å². The molecule has 0 radical (unpaired) electrons. The van der Waals surface area contributed by atoms with Crippen LogP contribution < -0.4 is 15.0 Å². The first kappa shape index (κ1) is 15.6. The molecule has 1 aliphatic heterocycles. The standard InChI is InChI=1S/C17H18N4O4/c22-13-8-11(17(13)21-7-3-6-18-21)19-15(23)9-20-12-4-1-2-5-14(12)25-10-16(20)24/h1-7,11,13,17,22H,8-10H2,(H,19,23)/t11-,13+,17+/m0/s1. The van der Waals surface area contributed by atoms with Gasteiger partial charge < -0.3 is 15.2 Å². The van der Waals surface area contributed by atoms with Gasteiger partial charge in [-0.2, -0.15) is 5.10 Å². The number of rotatable bonds is 4. The number of fused-ring (bicyclic) bond motifs is 1. The Kier molecular flexibility index (Phi) is 3.89. The van der Waals surface area contributed by atoms with Crippen molar-refractivity contribution in [3.63, 3.8) is 0 Å². The maximum Gasteiger partial charge on any atom is 0.265 e. The molecule has 2 N–H and O–H groups in total. The molecule has 1 aromatic carbocycles. The van der Waals surface area contributed by atoms with Gasteiger partial charge in [0.25, 0.3) is 5.91 Å². The van der Waals surface area contributed by atoms with Crippen molar-refractivity contribution in [2.24, 2.45) is 0 Å². The maximum absolute atomic E-state index is 12.4. The number of benzene rings is 1. The number of carbonyl (C=O) groups is 2. The number of hydrogen-bond donors (Lipinski definition) is 2. The molecule has 3 atom stereocenters. The molecule has 2 amide bonds. The maximum atomic E-state index is 12.4. The van der Waals surface area contributed by atoms with Crippen LogP contribution in [0.25, 0.3) is 0 Å². The number of carbonyl (C=O) groups excluding carboxylic acids is 2. The number of aromatic nitrogens is 2. The monoisotopic (exact) mass is 342 g/mol. The Hall–Kier alpha value is -2.87. The van der Waals surface area contributed by atoms with Gasteiger partial charge in [-0.15, -0.1) is 0 Å². The second-order valence-corrected chi connectivity index (χ2v) is 6.19. The first-order valence-electron chi connectivity index (χ1n) is 8.12. The summed E-state index contributed by atoms with van der Waals surface area (Å²) in [6, 6.07) is 8.40. The lowest BCUT2D eigenvalue weighted by molar-refractivity contribution is -0.127. The zero-order valence-electron chi connectivity index (χ0n) is 13.4. The fraction of sp³-hybridized carbons (Fsp3) is 0.353. The van der Waals surface area contributed by atoms with Crippen LogP contribution in [0.1, 0.15) is 12.5 Å². The highest BCUT2D eigenvalue weighted by Crippen LogP contribution is 2.33. The van der Waals surface area contributed by atoms with E-state index in [1.54, 1.807) is 41.3 Å². The normalized spacial score (nSPS) is 24.9. The molecular formula is C17H18N4O4. The molecule has 1 aromatic heterocycles. The van der Waals surface area contributed by atoms with Gasteiger partial charge in [-0.25, -0.2) is 0 Å². The van der Waals surface area contributed by atoms with Crippen LogP contribution in [-0.4, -0.2) is 52.0 Å². The fourth-order valence-corrected chi connectivity index (χ4v) is 3.30. The van der Waals surface area contributed by atoms with Crippen molar-refractivity contribution in [1.82, 2.24) is 15.1 Å². The Bertz CT molecular complexity index is 792. The third-order valence-corrected chi connectivity index (χ3v) is 4.59. The number of nitrogens with zero attached hydrogens (tertiary/aromatic N) is 3. The Labute approximate surface area is 144 Å². The van der Waals surface area contributed by atoms with Gasteiger partial charge >= 0.3 is 0 Å². The number of aliphatic hydroxyl groups excluding tert-OH is 1. The fourth-order valence-electron chi connectivity index (χ4n) is 3.30. The van der Waals surface area contributed by atoms with Crippen LogP contribution in [0.4, 0.5) is 5.69 Å². The number of anilines is 1. The van der Waals surface area contributed by atoms with Crippen molar-refractivity contribution in [3.8, 4) is 5.75 Å². The topological polar surface area (TPSA) is 96.7 Å². The van der Waals surface area contributed by atoms with Gasteiger partial charge in [0.1, 0.15) is 12.3 Å². The molecule has 4 rings (SSSR count). The summed E-state index contributed by atoms with van der Waals surface area (Å²) >= 11 is 0. The molecule has 130 valence electrons. The molecule has 25 heavy (non-hydrogen) atoms. The van der Waals surface area contributed by atoms with Crippen LogP contribution in [-0.2, 0) is 9.59 Å². The number of nitrogens with one attached hydrogen (secondary N) is 1. The van der Waals surface area contributed by atoms with Gasteiger partial charge in [-0.3, -0.25) is 19.2 Å². The Morgan fingerprint density at radius 1 is 1.36 bits per heavy atom. The van der Waals surface area contributed by atoms with Gasteiger partial charge in [0, 0.05) is 12.4 Å². The van der Waals surface area contributed by atoms with Gasteiger partial charge in [0.05, 0.1) is 23.9 Å². The Morgan fingerprint density at radius 2 is 2.20 bits per heavy atom. The molecule has 1 fully saturated rings. The Morgan fingerprint density at radius 3 is 2.96 bits per heavy atom. The molecule has 1 saturated carbocycles. The molecule has 2 aliphatic rings. The minimum Gasteiger partial charge on any atom is -0.482 e. The molecule has 2 heterocycles. The van der Waals surface area contributed by atoms with E-state index in [1.165, 1.54) is 4.90 Å². The largest absolute Gasteiger partial charge is 0.482 e. The summed E-state index contributed by atoms with van der Waals surface area (Å²) in [5.41, 5.74) is 0.589. The number of ether oxygens (including phenoxy) is 1. The predicted octanol–water partition coefficient (Wildman–Crippen LogP) is 0.0992. The molecule has 0 bridgehead atoms. The van der Waals surface area contributed by atoms with Crippen molar-refractivity contribution < 1.29 is 19.4 Å². The summed E-state index contributed by atoms with van der Waals surface area (Å²) in [7, 11) is 0. The van der Waals surface area contributed by atoms with E-state index in [0.29, 0.717) is 17.9 Å². The zero-order chi connectivity index (χ0) is 17.4. The molecular weight excluding hydrogens is 324 g/mol. The van der Waals surface area contributed by atoms with Crippen molar-refractivity contribution in [3.05, 3.63) is 42.7 Å². The van der Waals surface area contributed by atoms with Crippen molar-refractivity contribution >= 4 is 17.5 Å².